The van der Waals surface area contributed by atoms with E-state index in [0.717, 1.165) is 108 Å². The van der Waals surface area contributed by atoms with Gasteiger partial charge in [-0.05, 0) is 43.4 Å². The van der Waals surface area contributed by atoms with Crippen LogP contribution >= 0.6 is 15.6 Å². The molecule has 7 atom stereocenters. The summed E-state index contributed by atoms with van der Waals surface area (Å²) in [5, 5.41) is 10.6. The smallest absolute Gasteiger partial charge is 0.462 e. The summed E-state index contributed by atoms with van der Waals surface area (Å²) in [7, 11) is -9.90. The Morgan fingerprint density at radius 3 is 0.854 bits per heavy atom. The Kier molecular flexibility index (Phi) is 59.6. The lowest BCUT2D eigenvalue weighted by molar-refractivity contribution is -0.161. The Morgan fingerprint density at radius 1 is 0.326 bits per heavy atom. The monoisotopic (exact) mass is 1310 g/mol. The lowest BCUT2D eigenvalue weighted by atomic mass is 9.99. The first kappa shape index (κ1) is 87.1. The standard InChI is InChI=1S/C70H136O17P2/c1-8-11-12-13-14-15-20-24-29-37-44-51-67(72)80-57-65(86-69(74)53-46-39-30-25-22-19-17-16-18-21-23-28-35-42-49-62(6)9-2)59-84-88(76,77)82-55-64(71)56-83-89(78,79)85-60-66(87-70(75)54-47-40-31-26-27-34-41-48-61(4)5)58-81-68(73)52-45-38-33-32-36-43-50-63(7)10-3/h61-66,71H,8-60H2,1-7H3,(H,76,77)(H,78,79)/t62?,63?,64-,65-,66-/m1/s1. The third-order valence-electron chi connectivity index (χ3n) is 16.9. The molecule has 0 spiro atoms. The van der Waals surface area contributed by atoms with E-state index in [9.17, 15) is 43.2 Å². The predicted molar refractivity (Wildman–Crippen MR) is 358 cm³/mol. The van der Waals surface area contributed by atoms with E-state index in [4.69, 9.17) is 37.0 Å². The summed E-state index contributed by atoms with van der Waals surface area (Å²) < 4.78 is 68.2. The molecular formula is C70H136O17P2. The summed E-state index contributed by atoms with van der Waals surface area (Å²) in [6.07, 6.45) is 44.5. The van der Waals surface area contributed by atoms with Gasteiger partial charge in [0.1, 0.15) is 19.3 Å². The number of phosphoric ester groups is 2. The van der Waals surface area contributed by atoms with Crippen molar-refractivity contribution in [2.24, 2.45) is 17.8 Å². The molecule has 0 aliphatic heterocycles. The zero-order valence-electron chi connectivity index (χ0n) is 57.9. The summed E-state index contributed by atoms with van der Waals surface area (Å²) in [6.45, 7) is 11.8. The Balaban J connectivity index is 5.22. The lowest BCUT2D eigenvalue weighted by Gasteiger charge is -2.21. The summed E-state index contributed by atoms with van der Waals surface area (Å²) >= 11 is 0. The average Bonchev–Trinajstić information content (AvgIpc) is 3.65. The first-order valence-corrected chi connectivity index (χ1v) is 39.4. The molecule has 17 nitrogen and oxygen atoms in total. The van der Waals surface area contributed by atoms with Crippen LogP contribution in [0.4, 0.5) is 0 Å². The molecule has 0 saturated carbocycles. The molecule has 19 heteroatoms. The number of aliphatic hydroxyl groups excluding tert-OH is 1. The van der Waals surface area contributed by atoms with Crippen LogP contribution in [0.15, 0.2) is 0 Å². The summed E-state index contributed by atoms with van der Waals surface area (Å²) in [6, 6.07) is 0. The SMILES string of the molecule is CCCCCCCCCCCCCC(=O)OC[C@H](COP(=O)(O)OC[C@@H](O)COP(=O)(O)OC[C@@H](COC(=O)CCCCCCCCC(C)CC)OC(=O)CCCCCCCCCC(C)C)OC(=O)CCCCCCCCCCCCCCCCC(C)CC. The van der Waals surface area contributed by atoms with E-state index in [0.29, 0.717) is 31.6 Å². The van der Waals surface area contributed by atoms with E-state index in [1.807, 2.05) is 0 Å². The first-order chi connectivity index (χ1) is 42.8. The quantitative estimate of drug-likeness (QED) is 0.0222. The minimum Gasteiger partial charge on any atom is -0.462 e. The second-order valence-electron chi connectivity index (χ2n) is 26.2. The maximum absolute atomic E-state index is 13.0. The molecule has 0 aliphatic carbocycles. The minimum absolute atomic E-state index is 0.102. The van der Waals surface area contributed by atoms with Gasteiger partial charge in [-0.15, -0.1) is 0 Å². The molecule has 528 valence electrons. The molecule has 0 aromatic rings. The number of esters is 4. The van der Waals surface area contributed by atoms with Crippen LogP contribution in [0, 0.1) is 17.8 Å². The number of aliphatic hydroxyl groups is 1. The number of phosphoric acid groups is 2. The average molecular weight is 1310 g/mol. The number of unbranched alkanes of at least 4 members (excludes halogenated alkanes) is 34. The molecule has 0 heterocycles. The minimum atomic E-state index is -4.95. The van der Waals surface area contributed by atoms with Crippen molar-refractivity contribution in [2.75, 3.05) is 39.6 Å². The van der Waals surface area contributed by atoms with Crippen LogP contribution in [0.25, 0.3) is 0 Å². The van der Waals surface area contributed by atoms with Crippen LogP contribution in [0.5, 0.6) is 0 Å². The van der Waals surface area contributed by atoms with Crippen LogP contribution in [-0.4, -0.2) is 96.7 Å². The van der Waals surface area contributed by atoms with Crippen molar-refractivity contribution in [3.8, 4) is 0 Å². The molecule has 0 saturated heterocycles. The molecular weight excluding hydrogens is 1170 g/mol. The number of hydrogen-bond acceptors (Lipinski definition) is 15. The summed E-state index contributed by atoms with van der Waals surface area (Å²) in [5.41, 5.74) is 0. The fraction of sp³-hybridized carbons (Fsp3) is 0.943. The molecule has 0 bridgehead atoms. The molecule has 89 heavy (non-hydrogen) atoms. The van der Waals surface area contributed by atoms with E-state index < -0.39 is 97.5 Å². The van der Waals surface area contributed by atoms with Crippen molar-refractivity contribution < 1.29 is 80.2 Å². The Hall–Kier alpha value is -1.94. The molecule has 0 amide bonds. The van der Waals surface area contributed by atoms with Gasteiger partial charge in [-0.3, -0.25) is 37.3 Å². The third kappa shape index (κ3) is 62.0. The van der Waals surface area contributed by atoms with Crippen molar-refractivity contribution in [2.45, 2.75) is 369 Å². The third-order valence-corrected chi connectivity index (χ3v) is 18.8. The zero-order valence-corrected chi connectivity index (χ0v) is 59.7. The molecule has 0 rings (SSSR count). The molecule has 4 unspecified atom stereocenters. The number of rotatable bonds is 68. The molecule has 0 aromatic carbocycles. The maximum Gasteiger partial charge on any atom is 0.472 e. The molecule has 0 fully saturated rings. The number of carbonyl (C=O) groups is 4. The van der Waals surface area contributed by atoms with Gasteiger partial charge in [0.25, 0.3) is 0 Å². The highest BCUT2D eigenvalue weighted by Crippen LogP contribution is 2.45. The number of ether oxygens (including phenoxy) is 4. The first-order valence-electron chi connectivity index (χ1n) is 36.4. The van der Waals surface area contributed by atoms with Crippen molar-refractivity contribution in [1.29, 1.82) is 0 Å². The Labute approximate surface area is 543 Å². The van der Waals surface area contributed by atoms with E-state index in [-0.39, 0.29) is 25.7 Å². The Morgan fingerprint density at radius 2 is 0.573 bits per heavy atom. The molecule has 0 aromatic heterocycles. The van der Waals surface area contributed by atoms with E-state index >= 15 is 0 Å². The van der Waals surface area contributed by atoms with Crippen molar-refractivity contribution in [1.82, 2.24) is 0 Å². The normalized spacial score (nSPS) is 14.8. The zero-order chi connectivity index (χ0) is 65.9. The fourth-order valence-corrected chi connectivity index (χ4v) is 12.1. The molecule has 3 N–H and O–H groups in total. The number of hydrogen-bond donors (Lipinski definition) is 3. The van der Waals surface area contributed by atoms with Crippen LogP contribution < -0.4 is 0 Å². The fourth-order valence-electron chi connectivity index (χ4n) is 10.5. The van der Waals surface area contributed by atoms with E-state index in [1.54, 1.807) is 0 Å². The number of carbonyl (C=O) groups excluding carboxylic acids is 4. The van der Waals surface area contributed by atoms with Crippen LogP contribution in [0.3, 0.4) is 0 Å². The van der Waals surface area contributed by atoms with Gasteiger partial charge in [0.2, 0.25) is 0 Å². The second kappa shape index (κ2) is 61.0. The molecule has 0 radical (unpaired) electrons. The van der Waals surface area contributed by atoms with Gasteiger partial charge in [0.05, 0.1) is 26.4 Å². The van der Waals surface area contributed by atoms with Crippen molar-refractivity contribution in [3.05, 3.63) is 0 Å². The van der Waals surface area contributed by atoms with Gasteiger partial charge >= 0.3 is 39.5 Å². The lowest BCUT2D eigenvalue weighted by Crippen LogP contribution is -2.30. The van der Waals surface area contributed by atoms with Gasteiger partial charge in [0, 0.05) is 25.7 Å². The van der Waals surface area contributed by atoms with Crippen molar-refractivity contribution >= 4 is 39.5 Å². The maximum atomic E-state index is 13.0. The van der Waals surface area contributed by atoms with E-state index in [1.165, 1.54) is 154 Å². The highest BCUT2D eigenvalue weighted by Gasteiger charge is 2.30. The van der Waals surface area contributed by atoms with Crippen LogP contribution in [0.2, 0.25) is 0 Å². The molecule has 0 aliphatic rings. The van der Waals surface area contributed by atoms with Gasteiger partial charge in [0.15, 0.2) is 12.2 Å². The van der Waals surface area contributed by atoms with E-state index in [2.05, 4.69) is 48.5 Å². The topological polar surface area (TPSA) is 237 Å². The largest absolute Gasteiger partial charge is 0.472 e. The van der Waals surface area contributed by atoms with Gasteiger partial charge in [-0.2, -0.15) is 0 Å². The van der Waals surface area contributed by atoms with Crippen LogP contribution in [0.1, 0.15) is 350 Å². The highest BCUT2D eigenvalue weighted by atomic mass is 31.2. The predicted octanol–water partition coefficient (Wildman–Crippen LogP) is 19.8. The van der Waals surface area contributed by atoms with Crippen molar-refractivity contribution in [3.63, 3.8) is 0 Å². The van der Waals surface area contributed by atoms with Crippen LogP contribution in [-0.2, 0) is 65.4 Å². The van der Waals surface area contributed by atoms with Gasteiger partial charge < -0.3 is 33.8 Å². The van der Waals surface area contributed by atoms with Gasteiger partial charge in [-0.1, -0.05) is 299 Å². The summed E-state index contributed by atoms with van der Waals surface area (Å²) in [4.78, 5) is 72.5. The Bertz CT molecular complexity index is 1750. The summed E-state index contributed by atoms with van der Waals surface area (Å²) in [5.74, 6) is 0.143. The second-order valence-corrected chi connectivity index (χ2v) is 29.1. The van der Waals surface area contributed by atoms with Gasteiger partial charge in [-0.25, -0.2) is 9.13 Å². The highest BCUT2D eigenvalue weighted by molar-refractivity contribution is 7.47.